The van der Waals surface area contributed by atoms with Gasteiger partial charge in [-0.1, -0.05) is 12.1 Å². The first-order chi connectivity index (χ1) is 20.7. The quantitative estimate of drug-likeness (QED) is 0.358. The number of tetrazole rings is 1. The number of nitriles is 1. The maximum absolute atomic E-state index is 13.1. The lowest BCUT2D eigenvalue weighted by Crippen LogP contribution is -2.45. The van der Waals surface area contributed by atoms with Crippen LogP contribution < -0.4 is 16.0 Å². The van der Waals surface area contributed by atoms with E-state index >= 15 is 0 Å². The van der Waals surface area contributed by atoms with Crippen LogP contribution in [0.25, 0.3) is 0 Å². The Kier molecular flexibility index (Phi) is 8.54. The van der Waals surface area contributed by atoms with Crippen LogP contribution >= 0.6 is 0 Å². The molecule has 224 valence electrons. The van der Waals surface area contributed by atoms with Crippen molar-refractivity contribution in [1.82, 2.24) is 41.1 Å². The minimum atomic E-state index is -0.907. The van der Waals surface area contributed by atoms with E-state index in [0.717, 1.165) is 28.7 Å². The fourth-order valence-electron chi connectivity index (χ4n) is 6.52. The average Bonchev–Trinajstić information content (AvgIpc) is 3.67. The van der Waals surface area contributed by atoms with Gasteiger partial charge in [0.25, 0.3) is 11.8 Å². The third-order valence-electron chi connectivity index (χ3n) is 8.60. The molecule has 1 aliphatic heterocycles. The largest absolute Gasteiger partial charge is 0.355 e. The molecule has 3 aromatic rings. The topological polar surface area (TPSA) is 158 Å². The van der Waals surface area contributed by atoms with Crippen molar-refractivity contribution >= 4 is 17.7 Å². The zero-order chi connectivity index (χ0) is 30.7. The van der Waals surface area contributed by atoms with Crippen LogP contribution in [-0.2, 0) is 30.1 Å². The molecule has 1 aromatic heterocycles. The number of aromatic nitrogens is 4. The zero-order valence-corrected chi connectivity index (χ0v) is 25.0. The molecular formula is C31H37N9O3. The second-order valence-corrected chi connectivity index (χ2v) is 11.3. The van der Waals surface area contributed by atoms with E-state index in [9.17, 15) is 19.6 Å². The van der Waals surface area contributed by atoms with Crippen molar-refractivity contribution in [1.29, 1.82) is 5.26 Å². The fraction of sp³-hybridized carbons (Fsp3) is 0.452. The summed E-state index contributed by atoms with van der Waals surface area (Å²) >= 11 is 0. The SMILES string of the molecule is CNC(=O)c1ccc2c(c1)CCc1cc(C(=O)NC)ccc1C2(C[C@@H](C)NCC(=O)N1CCC[C@H]1C#N)c1nnn(C)n1. The smallest absolute Gasteiger partial charge is 0.251 e. The summed E-state index contributed by atoms with van der Waals surface area (Å²) in [6.07, 6.45) is 3.26. The summed E-state index contributed by atoms with van der Waals surface area (Å²) in [5.41, 5.74) is 4.04. The molecular weight excluding hydrogens is 546 g/mol. The van der Waals surface area contributed by atoms with Crippen molar-refractivity contribution in [3.05, 3.63) is 75.6 Å². The third-order valence-corrected chi connectivity index (χ3v) is 8.60. The summed E-state index contributed by atoms with van der Waals surface area (Å²) in [4.78, 5) is 41.4. The van der Waals surface area contributed by atoms with Gasteiger partial charge < -0.3 is 20.9 Å². The van der Waals surface area contributed by atoms with Crippen LogP contribution in [0.15, 0.2) is 36.4 Å². The number of hydrogen-bond donors (Lipinski definition) is 3. The normalized spacial score (nSPS) is 17.7. The van der Waals surface area contributed by atoms with Crippen LogP contribution in [0.4, 0.5) is 0 Å². The van der Waals surface area contributed by atoms with E-state index in [-0.39, 0.29) is 36.3 Å². The number of fused-ring (bicyclic) bond motifs is 2. The van der Waals surface area contributed by atoms with Gasteiger partial charge in [0.1, 0.15) is 6.04 Å². The Balaban J connectivity index is 1.62. The van der Waals surface area contributed by atoms with E-state index in [1.807, 2.05) is 43.3 Å². The molecule has 43 heavy (non-hydrogen) atoms. The number of amides is 3. The first-order valence-electron chi connectivity index (χ1n) is 14.6. The van der Waals surface area contributed by atoms with Gasteiger partial charge in [-0.05, 0) is 90.8 Å². The van der Waals surface area contributed by atoms with Gasteiger partial charge in [0.05, 0.1) is 25.1 Å². The summed E-state index contributed by atoms with van der Waals surface area (Å²) in [6.45, 7) is 2.69. The minimum Gasteiger partial charge on any atom is -0.355 e. The lowest BCUT2D eigenvalue weighted by molar-refractivity contribution is -0.130. The molecule has 2 atom stereocenters. The number of nitrogens with one attached hydrogen (secondary N) is 3. The molecule has 2 heterocycles. The van der Waals surface area contributed by atoms with Gasteiger partial charge in [0, 0.05) is 37.8 Å². The molecule has 0 saturated carbocycles. The Morgan fingerprint density at radius 1 is 1.05 bits per heavy atom. The lowest BCUT2D eigenvalue weighted by atomic mass is 9.67. The van der Waals surface area contributed by atoms with Gasteiger partial charge in [-0.2, -0.15) is 10.1 Å². The molecule has 12 nitrogen and oxygen atoms in total. The molecule has 1 saturated heterocycles. The van der Waals surface area contributed by atoms with Gasteiger partial charge in [-0.3, -0.25) is 14.4 Å². The number of aryl methyl sites for hydroxylation is 3. The minimum absolute atomic E-state index is 0.0915. The number of carbonyl (C=O) groups is 3. The van der Waals surface area contributed by atoms with E-state index in [0.29, 0.717) is 49.2 Å². The van der Waals surface area contributed by atoms with Crippen LogP contribution in [0.1, 0.15) is 75.0 Å². The highest BCUT2D eigenvalue weighted by atomic mass is 16.2. The monoisotopic (exact) mass is 583 g/mol. The highest BCUT2D eigenvalue weighted by Crippen LogP contribution is 2.47. The first-order valence-corrected chi connectivity index (χ1v) is 14.6. The van der Waals surface area contributed by atoms with Gasteiger partial charge >= 0.3 is 0 Å². The molecule has 1 aliphatic carbocycles. The molecule has 5 rings (SSSR count). The molecule has 0 radical (unpaired) electrons. The number of benzene rings is 2. The predicted octanol–water partition coefficient (Wildman–Crippen LogP) is 1.25. The number of nitrogens with zero attached hydrogens (tertiary/aromatic N) is 6. The van der Waals surface area contributed by atoms with Gasteiger partial charge in [-0.15, -0.1) is 10.2 Å². The summed E-state index contributed by atoms with van der Waals surface area (Å²) in [5.74, 6) is 0.0279. The van der Waals surface area contributed by atoms with Crippen LogP contribution in [-0.4, -0.2) is 82.1 Å². The molecule has 2 aliphatic rings. The Hall–Kier alpha value is -4.63. The van der Waals surface area contributed by atoms with Crippen LogP contribution in [0.5, 0.6) is 0 Å². The summed E-state index contributed by atoms with van der Waals surface area (Å²) in [7, 11) is 4.93. The first kappa shape index (κ1) is 29.8. The molecule has 0 bridgehead atoms. The van der Waals surface area contributed by atoms with Crippen LogP contribution in [0.3, 0.4) is 0 Å². The van der Waals surface area contributed by atoms with Gasteiger partial charge in [0.15, 0.2) is 5.82 Å². The average molecular weight is 584 g/mol. The highest BCUT2D eigenvalue weighted by molar-refractivity contribution is 5.95. The van der Waals surface area contributed by atoms with Crippen molar-refractivity contribution in [3.63, 3.8) is 0 Å². The number of carbonyl (C=O) groups excluding carboxylic acids is 3. The van der Waals surface area contributed by atoms with Crippen molar-refractivity contribution in [2.45, 2.75) is 56.5 Å². The summed E-state index contributed by atoms with van der Waals surface area (Å²) in [5, 5.41) is 31.7. The van der Waals surface area contributed by atoms with E-state index in [1.165, 1.54) is 4.80 Å². The maximum atomic E-state index is 13.1. The Labute approximate surface area is 250 Å². The lowest BCUT2D eigenvalue weighted by Gasteiger charge is -2.36. The second-order valence-electron chi connectivity index (χ2n) is 11.3. The van der Waals surface area contributed by atoms with Gasteiger partial charge in [0.2, 0.25) is 5.91 Å². The van der Waals surface area contributed by atoms with E-state index in [4.69, 9.17) is 5.10 Å². The Morgan fingerprint density at radius 2 is 1.65 bits per heavy atom. The molecule has 0 unspecified atom stereocenters. The molecule has 3 amide bonds. The number of likely N-dealkylation sites (tertiary alicyclic amines) is 1. The number of hydrogen-bond acceptors (Lipinski definition) is 8. The molecule has 0 spiro atoms. The van der Waals surface area contributed by atoms with Crippen molar-refractivity contribution in [2.75, 3.05) is 27.2 Å². The Morgan fingerprint density at radius 3 is 2.16 bits per heavy atom. The van der Waals surface area contributed by atoms with E-state index in [1.54, 1.807) is 26.0 Å². The van der Waals surface area contributed by atoms with E-state index in [2.05, 4.69) is 32.3 Å². The fourth-order valence-corrected chi connectivity index (χ4v) is 6.52. The maximum Gasteiger partial charge on any atom is 0.251 e. The summed E-state index contributed by atoms with van der Waals surface area (Å²) in [6, 6.07) is 13.0. The number of rotatable bonds is 8. The zero-order valence-electron chi connectivity index (χ0n) is 25.0. The summed E-state index contributed by atoms with van der Waals surface area (Å²) < 4.78 is 0. The standard InChI is InChI=1S/C31H37N9O3/c1-19(35-18-27(41)40-13-5-6-24(40)17-32)16-31(30-36-38-39(4)37-30)25-11-9-22(28(42)33-2)14-20(25)7-8-21-15-23(29(43)34-3)10-12-26(21)31/h9-12,14-15,19,24,35H,5-8,13,16,18H2,1-4H3,(H,33,42)(H,34,43)/t19-,24+/m1/s1. The van der Waals surface area contributed by atoms with Crippen LogP contribution in [0.2, 0.25) is 0 Å². The molecule has 1 fully saturated rings. The van der Waals surface area contributed by atoms with Crippen molar-refractivity contribution in [2.24, 2.45) is 7.05 Å². The second kappa shape index (κ2) is 12.3. The van der Waals surface area contributed by atoms with Crippen molar-refractivity contribution in [3.8, 4) is 6.07 Å². The predicted molar refractivity (Wildman–Crippen MR) is 158 cm³/mol. The Bertz CT molecular complexity index is 1520. The highest BCUT2D eigenvalue weighted by Gasteiger charge is 2.46. The molecule has 3 N–H and O–H groups in total. The van der Waals surface area contributed by atoms with Crippen molar-refractivity contribution < 1.29 is 14.4 Å². The molecule has 2 aromatic carbocycles. The van der Waals surface area contributed by atoms with E-state index < -0.39 is 5.41 Å². The van der Waals surface area contributed by atoms with Crippen LogP contribution in [0, 0.1) is 11.3 Å². The third kappa shape index (κ3) is 5.60. The van der Waals surface area contributed by atoms with Gasteiger partial charge in [-0.25, -0.2) is 0 Å². The molecule has 12 heteroatoms.